The van der Waals surface area contributed by atoms with Crippen molar-refractivity contribution in [2.24, 2.45) is 0 Å². The minimum absolute atomic E-state index is 0.111. The summed E-state index contributed by atoms with van der Waals surface area (Å²) in [4.78, 5) is 12.5. The van der Waals surface area contributed by atoms with Crippen molar-refractivity contribution in [2.75, 3.05) is 56.3 Å². The summed E-state index contributed by atoms with van der Waals surface area (Å²) in [7, 11) is 1.68. The molecule has 1 N–H and O–H groups in total. The van der Waals surface area contributed by atoms with Gasteiger partial charge in [0, 0.05) is 33.3 Å². The summed E-state index contributed by atoms with van der Waals surface area (Å²) in [6.07, 6.45) is 1.71. The minimum atomic E-state index is 0.111. The molecule has 100 valence electrons. The number of methoxy groups -OCH3 is 1. The quantitative estimate of drug-likeness (QED) is 0.783. The Balaban J connectivity index is 2.24. The first kappa shape index (κ1) is 13.3. The number of aliphatic hydroxyl groups excluding tert-OH is 1. The maximum Gasteiger partial charge on any atom is 0.224 e. The van der Waals surface area contributed by atoms with E-state index in [-0.39, 0.29) is 11.9 Å². The zero-order chi connectivity index (χ0) is 13.0. The van der Waals surface area contributed by atoms with Crippen molar-refractivity contribution in [1.82, 2.24) is 9.97 Å². The number of aliphatic hydroxyl groups is 1. The number of rotatable bonds is 5. The maximum absolute atomic E-state index is 9.06. The zero-order valence-corrected chi connectivity index (χ0v) is 11.1. The summed E-state index contributed by atoms with van der Waals surface area (Å²) >= 11 is 5.85. The van der Waals surface area contributed by atoms with E-state index in [4.69, 9.17) is 21.4 Å². The molecule has 0 aliphatic carbocycles. The first-order valence-corrected chi connectivity index (χ1v) is 6.26. The summed E-state index contributed by atoms with van der Waals surface area (Å²) in [5, 5.41) is 9.30. The van der Waals surface area contributed by atoms with Gasteiger partial charge in [-0.25, -0.2) is 4.98 Å². The lowest BCUT2D eigenvalue weighted by atomic mass is 10.2. The standard InChI is InChI=1S/C11H17ClN4O2/c1-18-7-5-16-3-2-15(4-6-17)9-8-13-11(12)14-10(9)16/h8,17H,2-7H2,1H3. The first-order chi connectivity index (χ1) is 8.76. The van der Waals surface area contributed by atoms with E-state index in [0.717, 1.165) is 31.1 Å². The molecular formula is C11H17ClN4O2. The van der Waals surface area contributed by atoms with E-state index in [1.807, 2.05) is 0 Å². The molecule has 7 heteroatoms. The highest BCUT2D eigenvalue weighted by atomic mass is 35.5. The molecule has 18 heavy (non-hydrogen) atoms. The fraction of sp³-hybridized carbons (Fsp3) is 0.636. The number of aromatic nitrogens is 2. The summed E-state index contributed by atoms with van der Waals surface area (Å²) in [5.41, 5.74) is 0.913. The van der Waals surface area contributed by atoms with Crippen LogP contribution in [0.25, 0.3) is 0 Å². The van der Waals surface area contributed by atoms with E-state index >= 15 is 0 Å². The van der Waals surface area contributed by atoms with E-state index in [1.165, 1.54) is 0 Å². The fourth-order valence-electron chi connectivity index (χ4n) is 2.04. The largest absolute Gasteiger partial charge is 0.395 e. The number of anilines is 2. The molecule has 0 amide bonds. The molecule has 0 fully saturated rings. The van der Waals surface area contributed by atoms with Crippen LogP contribution in [0.3, 0.4) is 0 Å². The van der Waals surface area contributed by atoms with E-state index in [2.05, 4.69) is 19.8 Å². The lowest BCUT2D eigenvalue weighted by Gasteiger charge is -2.37. The van der Waals surface area contributed by atoms with Crippen molar-refractivity contribution in [2.45, 2.75) is 0 Å². The number of hydrogen-bond acceptors (Lipinski definition) is 6. The summed E-state index contributed by atoms with van der Waals surface area (Å²) < 4.78 is 5.09. The number of β-amino-alcohol motifs (C(OH)–C–C–N with tert-alkyl or cyclic N) is 1. The fourth-order valence-corrected chi connectivity index (χ4v) is 2.17. The van der Waals surface area contributed by atoms with Gasteiger partial charge in [-0.05, 0) is 11.6 Å². The second-order valence-corrected chi connectivity index (χ2v) is 4.38. The van der Waals surface area contributed by atoms with Crippen LogP contribution < -0.4 is 9.80 Å². The number of hydrogen-bond donors (Lipinski definition) is 1. The number of halogens is 1. The second kappa shape index (κ2) is 6.17. The number of fused-ring (bicyclic) bond motifs is 1. The minimum Gasteiger partial charge on any atom is -0.395 e. The lowest BCUT2D eigenvalue weighted by Crippen LogP contribution is -2.44. The molecule has 0 bridgehead atoms. The molecule has 0 saturated carbocycles. The van der Waals surface area contributed by atoms with Crippen LogP contribution in [0.2, 0.25) is 5.28 Å². The average molecular weight is 273 g/mol. The van der Waals surface area contributed by atoms with Crippen molar-refractivity contribution >= 4 is 23.1 Å². The highest BCUT2D eigenvalue weighted by Gasteiger charge is 2.24. The second-order valence-electron chi connectivity index (χ2n) is 4.04. The topological polar surface area (TPSA) is 61.7 Å². The van der Waals surface area contributed by atoms with Crippen LogP contribution in [0.1, 0.15) is 0 Å². The van der Waals surface area contributed by atoms with Gasteiger partial charge in [-0.15, -0.1) is 0 Å². The van der Waals surface area contributed by atoms with Gasteiger partial charge in [0.1, 0.15) is 0 Å². The number of ether oxygens (including phenoxy) is 1. The molecule has 0 spiro atoms. The van der Waals surface area contributed by atoms with E-state index in [9.17, 15) is 0 Å². The third-order valence-corrected chi connectivity index (χ3v) is 3.12. The van der Waals surface area contributed by atoms with Gasteiger partial charge in [0.15, 0.2) is 5.82 Å². The third kappa shape index (κ3) is 2.82. The molecule has 0 aromatic carbocycles. The normalized spacial score (nSPS) is 14.8. The molecule has 1 aliphatic rings. The molecule has 2 heterocycles. The Labute approximate surface area is 111 Å². The molecule has 6 nitrogen and oxygen atoms in total. The van der Waals surface area contributed by atoms with Crippen LogP contribution in [0.5, 0.6) is 0 Å². The predicted molar refractivity (Wildman–Crippen MR) is 70.4 cm³/mol. The lowest BCUT2D eigenvalue weighted by molar-refractivity contribution is 0.205. The Morgan fingerprint density at radius 3 is 2.89 bits per heavy atom. The molecule has 1 aromatic rings. The smallest absolute Gasteiger partial charge is 0.224 e. The van der Waals surface area contributed by atoms with Crippen molar-refractivity contribution in [3.8, 4) is 0 Å². The van der Waals surface area contributed by atoms with E-state index < -0.39 is 0 Å². The van der Waals surface area contributed by atoms with Crippen molar-refractivity contribution in [3.63, 3.8) is 0 Å². The van der Waals surface area contributed by atoms with Gasteiger partial charge >= 0.3 is 0 Å². The highest BCUT2D eigenvalue weighted by molar-refractivity contribution is 6.28. The van der Waals surface area contributed by atoms with Crippen molar-refractivity contribution < 1.29 is 9.84 Å². The van der Waals surface area contributed by atoms with Crippen LogP contribution >= 0.6 is 11.6 Å². The Morgan fingerprint density at radius 2 is 2.17 bits per heavy atom. The Hall–Kier alpha value is -1.11. The van der Waals surface area contributed by atoms with Crippen molar-refractivity contribution in [1.29, 1.82) is 0 Å². The number of nitrogens with zero attached hydrogens (tertiary/aromatic N) is 4. The molecule has 2 rings (SSSR count). The Bertz CT molecular complexity index is 405. The Morgan fingerprint density at radius 1 is 1.39 bits per heavy atom. The third-order valence-electron chi connectivity index (χ3n) is 2.94. The van der Waals surface area contributed by atoms with Crippen molar-refractivity contribution in [3.05, 3.63) is 11.5 Å². The SMILES string of the molecule is COCCN1CCN(CCO)c2cnc(Cl)nc21. The van der Waals surface area contributed by atoms with Crippen LogP contribution in [-0.2, 0) is 4.74 Å². The predicted octanol–water partition coefficient (Wildman–Crippen LogP) is 0.395. The molecule has 0 atom stereocenters. The average Bonchev–Trinajstić information content (AvgIpc) is 2.38. The van der Waals surface area contributed by atoms with Gasteiger partial charge in [0.05, 0.1) is 25.1 Å². The maximum atomic E-state index is 9.06. The van der Waals surface area contributed by atoms with Gasteiger partial charge in [-0.1, -0.05) is 0 Å². The van der Waals surface area contributed by atoms with Crippen LogP contribution in [0, 0.1) is 0 Å². The van der Waals surface area contributed by atoms with Crippen LogP contribution in [0.4, 0.5) is 11.5 Å². The van der Waals surface area contributed by atoms with E-state index in [0.29, 0.717) is 13.2 Å². The van der Waals surface area contributed by atoms with Gasteiger partial charge in [-0.2, -0.15) is 4.98 Å². The Kier molecular flexibility index (Phi) is 4.57. The molecule has 0 radical (unpaired) electrons. The highest BCUT2D eigenvalue weighted by Crippen LogP contribution is 2.30. The van der Waals surface area contributed by atoms with E-state index in [1.54, 1.807) is 13.3 Å². The van der Waals surface area contributed by atoms with Crippen LogP contribution in [0.15, 0.2) is 6.20 Å². The summed E-state index contributed by atoms with van der Waals surface area (Å²) in [5.74, 6) is 0.812. The monoisotopic (exact) mass is 272 g/mol. The molecule has 0 saturated heterocycles. The zero-order valence-electron chi connectivity index (χ0n) is 10.3. The van der Waals surface area contributed by atoms with Crippen LogP contribution in [-0.4, -0.2) is 61.6 Å². The van der Waals surface area contributed by atoms with Gasteiger partial charge in [0.25, 0.3) is 0 Å². The molecular weight excluding hydrogens is 256 g/mol. The first-order valence-electron chi connectivity index (χ1n) is 5.88. The van der Waals surface area contributed by atoms with Gasteiger partial charge in [-0.3, -0.25) is 0 Å². The van der Waals surface area contributed by atoms with Gasteiger partial charge < -0.3 is 19.6 Å². The molecule has 1 aromatic heterocycles. The molecule has 1 aliphatic heterocycles. The summed E-state index contributed by atoms with van der Waals surface area (Å²) in [6.45, 7) is 3.77. The summed E-state index contributed by atoms with van der Waals surface area (Å²) in [6, 6.07) is 0. The van der Waals surface area contributed by atoms with Gasteiger partial charge in [0.2, 0.25) is 5.28 Å². The molecule has 0 unspecified atom stereocenters.